The zero-order valence-electron chi connectivity index (χ0n) is 17.8. The van der Waals surface area contributed by atoms with Gasteiger partial charge in [-0.1, -0.05) is 60.1 Å². The monoisotopic (exact) mass is 481 g/mol. The van der Waals surface area contributed by atoms with E-state index in [4.69, 9.17) is 16.7 Å². The van der Waals surface area contributed by atoms with Crippen LogP contribution in [0.5, 0.6) is 0 Å². The maximum Gasteiger partial charge on any atom is 0.404 e. The molecule has 2 unspecified atom stereocenters. The molecule has 3 amide bonds. The molecule has 0 fully saturated rings. The van der Waals surface area contributed by atoms with Gasteiger partial charge in [0.05, 0.1) is 11.1 Å². The van der Waals surface area contributed by atoms with Crippen LogP contribution in [0.25, 0.3) is 0 Å². The van der Waals surface area contributed by atoms with Gasteiger partial charge in [-0.15, -0.1) is 0 Å². The molecule has 3 aromatic rings. The molecule has 4 N–H and O–H groups in total. The highest BCUT2D eigenvalue weighted by molar-refractivity contribution is 6.39. The van der Waals surface area contributed by atoms with E-state index < -0.39 is 29.8 Å². The van der Waals surface area contributed by atoms with E-state index in [1.54, 1.807) is 0 Å². The third-order valence-corrected chi connectivity index (χ3v) is 6.06. The number of fused-ring (bicyclic) bond motifs is 1. The fraction of sp³-hybridized carbons (Fsp3) is 0.160. The van der Waals surface area contributed by atoms with Crippen LogP contribution in [0.3, 0.4) is 0 Å². The number of carboxylic acid groups (broad SMARTS) is 1. The van der Waals surface area contributed by atoms with Crippen molar-refractivity contribution < 1.29 is 23.9 Å². The van der Waals surface area contributed by atoms with Crippen LogP contribution >= 0.6 is 11.6 Å². The summed E-state index contributed by atoms with van der Waals surface area (Å²) in [7, 11) is 0. The molecule has 4 rings (SSSR count). The highest BCUT2D eigenvalue weighted by Gasteiger charge is 2.35. The van der Waals surface area contributed by atoms with Crippen LogP contribution in [0.1, 0.15) is 34.2 Å². The molecule has 34 heavy (non-hydrogen) atoms. The van der Waals surface area contributed by atoms with E-state index in [-0.39, 0.29) is 23.2 Å². The number of amides is 3. The number of hydrogen-bond donors (Lipinski definition) is 4. The lowest BCUT2D eigenvalue weighted by Crippen LogP contribution is -2.39. The Morgan fingerprint density at radius 3 is 2.44 bits per heavy atom. The minimum absolute atomic E-state index is 0.0855. The Balaban J connectivity index is 1.51. The predicted octanol–water partition coefficient (Wildman–Crippen LogP) is 4.38. The SMILES string of the molecule is O=C(O)NCc1ccc(C2Cc3ccccc3C2NC(=O)C(=O)Nc2ccc(Cl)c(F)c2)cc1. The zero-order chi connectivity index (χ0) is 24.2. The summed E-state index contributed by atoms with van der Waals surface area (Å²) < 4.78 is 13.7. The maximum absolute atomic E-state index is 13.7. The van der Waals surface area contributed by atoms with E-state index in [0.717, 1.165) is 28.3 Å². The Bertz CT molecular complexity index is 1250. The molecule has 0 aromatic heterocycles. The number of halogens is 2. The lowest BCUT2D eigenvalue weighted by molar-refractivity contribution is -0.136. The molecule has 0 spiro atoms. The van der Waals surface area contributed by atoms with Gasteiger partial charge < -0.3 is 21.1 Å². The molecule has 0 aliphatic heterocycles. The first-order chi connectivity index (χ1) is 16.3. The molecule has 1 aliphatic rings. The van der Waals surface area contributed by atoms with E-state index in [9.17, 15) is 18.8 Å². The summed E-state index contributed by atoms with van der Waals surface area (Å²) in [5.41, 5.74) is 3.85. The van der Waals surface area contributed by atoms with E-state index in [0.29, 0.717) is 6.42 Å². The highest BCUT2D eigenvalue weighted by atomic mass is 35.5. The summed E-state index contributed by atoms with van der Waals surface area (Å²) in [4.78, 5) is 35.9. The number of rotatable bonds is 5. The van der Waals surface area contributed by atoms with Gasteiger partial charge in [0.25, 0.3) is 0 Å². The van der Waals surface area contributed by atoms with Gasteiger partial charge in [-0.3, -0.25) is 9.59 Å². The Morgan fingerprint density at radius 1 is 1.00 bits per heavy atom. The molecular weight excluding hydrogens is 461 g/mol. The van der Waals surface area contributed by atoms with Gasteiger partial charge in [-0.05, 0) is 46.9 Å². The smallest absolute Gasteiger partial charge is 0.404 e. The highest BCUT2D eigenvalue weighted by Crippen LogP contribution is 2.42. The van der Waals surface area contributed by atoms with E-state index in [1.807, 2.05) is 48.5 Å². The van der Waals surface area contributed by atoms with E-state index in [2.05, 4.69) is 16.0 Å². The van der Waals surface area contributed by atoms with Crippen molar-refractivity contribution in [3.05, 3.63) is 99.8 Å². The molecule has 174 valence electrons. The second kappa shape index (κ2) is 9.93. The molecule has 0 saturated heterocycles. The molecule has 1 aliphatic carbocycles. The van der Waals surface area contributed by atoms with Crippen molar-refractivity contribution in [1.29, 1.82) is 0 Å². The Morgan fingerprint density at radius 2 is 1.74 bits per heavy atom. The van der Waals surface area contributed by atoms with Crippen LogP contribution in [-0.2, 0) is 22.6 Å². The van der Waals surface area contributed by atoms with Crippen LogP contribution in [0.2, 0.25) is 5.02 Å². The molecule has 0 heterocycles. The van der Waals surface area contributed by atoms with Gasteiger partial charge in [-0.2, -0.15) is 0 Å². The molecule has 2 atom stereocenters. The first kappa shape index (κ1) is 23.3. The minimum Gasteiger partial charge on any atom is -0.465 e. The van der Waals surface area contributed by atoms with Gasteiger partial charge in [0.15, 0.2) is 0 Å². The van der Waals surface area contributed by atoms with Gasteiger partial charge in [0, 0.05) is 18.2 Å². The minimum atomic E-state index is -1.10. The van der Waals surface area contributed by atoms with Gasteiger partial charge in [-0.25, -0.2) is 9.18 Å². The number of anilines is 1. The molecule has 0 saturated carbocycles. The molecule has 7 nitrogen and oxygen atoms in total. The number of hydrogen-bond acceptors (Lipinski definition) is 3. The van der Waals surface area contributed by atoms with Gasteiger partial charge in [0.2, 0.25) is 0 Å². The van der Waals surface area contributed by atoms with Crippen molar-refractivity contribution in [3.8, 4) is 0 Å². The quantitative estimate of drug-likeness (QED) is 0.405. The van der Waals surface area contributed by atoms with Gasteiger partial charge >= 0.3 is 17.9 Å². The summed E-state index contributed by atoms with van der Waals surface area (Å²) in [6.45, 7) is 0.187. The average Bonchev–Trinajstić information content (AvgIpc) is 3.18. The lowest BCUT2D eigenvalue weighted by atomic mass is 9.91. The van der Waals surface area contributed by atoms with E-state index >= 15 is 0 Å². The number of carbonyl (C=O) groups excluding carboxylic acids is 2. The van der Waals surface area contributed by atoms with Crippen molar-refractivity contribution in [2.24, 2.45) is 0 Å². The van der Waals surface area contributed by atoms with Crippen LogP contribution in [0.4, 0.5) is 14.9 Å². The summed E-state index contributed by atoms with van der Waals surface area (Å²) in [5, 5.41) is 16.2. The third kappa shape index (κ3) is 5.18. The standard InChI is InChI=1S/C25H21ClFN3O4/c26-20-10-9-17(12-21(20)27)29-23(31)24(32)30-22-18-4-2-1-3-16(18)11-19(22)15-7-5-14(6-8-15)13-28-25(33)34/h1-10,12,19,22,28H,11,13H2,(H,29,31)(H,30,32)(H,33,34). The summed E-state index contributed by atoms with van der Waals surface area (Å²) >= 11 is 5.66. The van der Waals surface area contributed by atoms with Crippen molar-refractivity contribution in [2.75, 3.05) is 5.32 Å². The second-order valence-electron chi connectivity index (χ2n) is 7.94. The molecule has 3 aromatic carbocycles. The maximum atomic E-state index is 13.7. The lowest BCUT2D eigenvalue weighted by Gasteiger charge is -2.22. The predicted molar refractivity (Wildman–Crippen MR) is 125 cm³/mol. The fourth-order valence-corrected chi connectivity index (χ4v) is 4.23. The number of benzene rings is 3. The summed E-state index contributed by atoms with van der Waals surface area (Å²) in [6.07, 6.45) is -0.435. The zero-order valence-corrected chi connectivity index (χ0v) is 18.6. The van der Waals surface area contributed by atoms with Crippen molar-refractivity contribution in [1.82, 2.24) is 10.6 Å². The van der Waals surface area contributed by atoms with Crippen LogP contribution < -0.4 is 16.0 Å². The first-order valence-electron chi connectivity index (χ1n) is 10.5. The Kier molecular flexibility index (Phi) is 6.79. The second-order valence-corrected chi connectivity index (χ2v) is 8.35. The Labute approximate surface area is 199 Å². The average molecular weight is 482 g/mol. The number of nitrogens with one attached hydrogen (secondary N) is 3. The largest absolute Gasteiger partial charge is 0.465 e. The normalized spacial score (nSPS) is 16.4. The molecule has 0 bridgehead atoms. The fourth-order valence-electron chi connectivity index (χ4n) is 4.11. The topological polar surface area (TPSA) is 108 Å². The van der Waals surface area contributed by atoms with Crippen molar-refractivity contribution in [3.63, 3.8) is 0 Å². The van der Waals surface area contributed by atoms with Crippen LogP contribution in [0.15, 0.2) is 66.7 Å². The van der Waals surface area contributed by atoms with Crippen molar-refractivity contribution in [2.45, 2.75) is 24.9 Å². The Hall–Kier alpha value is -3.91. The third-order valence-electron chi connectivity index (χ3n) is 5.75. The summed E-state index contributed by atoms with van der Waals surface area (Å²) in [6, 6.07) is 18.4. The summed E-state index contributed by atoms with van der Waals surface area (Å²) in [5.74, 6) is -2.58. The number of carbonyl (C=O) groups is 3. The molecule has 9 heteroatoms. The van der Waals surface area contributed by atoms with Gasteiger partial charge in [0.1, 0.15) is 5.82 Å². The first-order valence-corrected chi connectivity index (χ1v) is 10.9. The van der Waals surface area contributed by atoms with Crippen molar-refractivity contribution >= 4 is 35.2 Å². The van der Waals surface area contributed by atoms with E-state index in [1.165, 1.54) is 12.1 Å². The van der Waals surface area contributed by atoms with Crippen LogP contribution in [-0.4, -0.2) is 23.0 Å². The molecule has 0 radical (unpaired) electrons. The van der Waals surface area contributed by atoms with Crippen LogP contribution in [0, 0.1) is 5.82 Å². The molecular formula is C25H21ClFN3O4.